The van der Waals surface area contributed by atoms with E-state index in [9.17, 15) is 4.79 Å². The minimum Gasteiger partial charge on any atom is -0.398 e. The van der Waals surface area contributed by atoms with Crippen LogP contribution in [-0.2, 0) is 0 Å². The Hall–Kier alpha value is -2.89. The molecule has 1 heterocycles. The Morgan fingerprint density at radius 1 is 1.43 bits per heavy atom. The average Bonchev–Trinajstić information content (AvgIpc) is 2.85. The number of hydrogen-bond acceptors (Lipinski definition) is 5. The molecule has 1 aromatic heterocycles. The first-order valence-electron chi connectivity index (χ1n) is 6.30. The molecule has 0 amide bonds. The fourth-order valence-corrected chi connectivity index (χ4v) is 1.68. The van der Waals surface area contributed by atoms with Gasteiger partial charge in [-0.15, -0.1) is 0 Å². The maximum atomic E-state index is 11.1. The van der Waals surface area contributed by atoms with Crippen molar-refractivity contribution in [1.29, 1.82) is 0 Å². The molecule has 0 saturated carbocycles. The van der Waals surface area contributed by atoms with Crippen LogP contribution in [0, 0.1) is 6.92 Å². The summed E-state index contributed by atoms with van der Waals surface area (Å²) in [7, 11) is 0. The molecule has 2 aromatic rings. The van der Waals surface area contributed by atoms with Crippen LogP contribution in [-0.4, -0.2) is 15.9 Å². The third-order valence-corrected chi connectivity index (χ3v) is 2.67. The van der Waals surface area contributed by atoms with Crippen molar-refractivity contribution >= 4 is 11.4 Å². The van der Waals surface area contributed by atoms with Crippen molar-refractivity contribution in [2.24, 2.45) is 10.7 Å². The van der Waals surface area contributed by atoms with Crippen LogP contribution in [0.5, 0.6) is 0 Å². The van der Waals surface area contributed by atoms with Crippen LogP contribution in [0.15, 0.2) is 56.9 Å². The van der Waals surface area contributed by atoms with E-state index in [0.29, 0.717) is 17.1 Å². The third kappa shape index (κ3) is 3.79. The number of nitrogens with one attached hydrogen (secondary N) is 1. The Morgan fingerprint density at radius 3 is 2.62 bits per heavy atom. The van der Waals surface area contributed by atoms with Gasteiger partial charge in [-0.3, -0.25) is 14.5 Å². The van der Waals surface area contributed by atoms with Gasteiger partial charge in [0, 0.05) is 11.4 Å². The van der Waals surface area contributed by atoms with Crippen LogP contribution in [0.4, 0.5) is 0 Å². The fraction of sp³-hybridized carbons (Fsp3) is 0.133. The highest BCUT2D eigenvalue weighted by atomic mass is 16.5. The predicted molar refractivity (Wildman–Crippen MR) is 81.8 cm³/mol. The SMILES string of the molecule is C=C(C)/N=C(\C=C(/N)c1ccc(C)cc1)c1noc(=O)[nH]1. The Balaban J connectivity index is 2.43. The van der Waals surface area contributed by atoms with E-state index in [1.165, 1.54) is 0 Å². The van der Waals surface area contributed by atoms with Gasteiger partial charge < -0.3 is 5.73 Å². The number of aryl methyl sites for hydroxylation is 1. The van der Waals surface area contributed by atoms with Crippen molar-refractivity contribution in [3.63, 3.8) is 0 Å². The molecule has 0 radical (unpaired) electrons. The van der Waals surface area contributed by atoms with Crippen molar-refractivity contribution < 1.29 is 4.52 Å². The number of aromatic amines is 1. The zero-order valence-corrected chi connectivity index (χ0v) is 11.9. The van der Waals surface area contributed by atoms with E-state index in [0.717, 1.165) is 11.1 Å². The van der Waals surface area contributed by atoms with Crippen molar-refractivity contribution in [1.82, 2.24) is 10.1 Å². The van der Waals surface area contributed by atoms with E-state index in [2.05, 4.69) is 26.2 Å². The maximum Gasteiger partial charge on any atom is 0.439 e. The number of benzene rings is 1. The number of aromatic nitrogens is 2. The summed E-state index contributed by atoms with van der Waals surface area (Å²) >= 11 is 0. The van der Waals surface area contributed by atoms with Crippen LogP contribution < -0.4 is 11.5 Å². The molecule has 0 aliphatic heterocycles. The largest absolute Gasteiger partial charge is 0.439 e. The molecule has 0 spiro atoms. The minimum absolute atomic E-state index is 0.207. The third-order valence-electron chi connectivity index (χ3n) is 2.67. The summed E-state index contributed by atoms with van der Waals surface area (Å²) in [6.45, 7) is 7.44. The number of aliphatic imine (C=N–C) groups is 1. The number of H-pyrrole nitrogens is 1. The van der Waals surface area contributed by atoms with Crippen LogP contribution >= 0.6 is 0 Å². The van der Waals surface area contributed by atoms with Crippen molar-refractivity contribution in [2.45, 2.75) is 13.8 Å². The summed E-state index contributed by atoms with van der Waals surface area (Å²) in [6, 6.07) is 7.74. The number of nitrogens with zero attached hydrogens (tertiary/aromatic N) is 2. The molecule has 1 aromatic carbocycles. The van der Waals surface area contributed by atoms with Crippen molar-refractivity contribution in [2.75, 3.05) is 0 Å². The van der Waals surface area contributed by atoms with E-state index in [1.54, 1.807) is 13.0 Å². The molecule has 108 valence electrons. The number of rotatable bonds is 4. The Morgan fingerprint density at radius 2 is 2.10 bits per heavy atom. The fourth-order valence-electron chi connectivity index (χ4n) is 1.68. The van der Waals surface area contributed by atoms with Gasteiger partial charge in [-0.2, -0.15) is 0 Å². The minimum atomic E-state index is -0.651. The van der Waals surface area contributed by atoms with Crippen LogP contribution in [0.3, 0.4) is 0 Å². The maximum absolute atomic E-state index is 11.1. The van der Waals surface area contributed by atoms with Gasteiger partial charge in [-0.05, 0) is 25.5 Å². The molecule has 3 N–H and O–H groups in total. The lowest BCUT2D eigenvalue weighted by molar-refractivity contribution is 0.385. The quantitative estimate of drug-likeness (QED) is 0.839. The molecule has 6 nitrogen and oxygen atoms in total. The first-order valence-corrected chi connectivity index (χ1v) is 6.30. The Bertz CT molecular complexity index is 763. The lowest BCUT2D eigenvalue weighted by atomic mass is 10.1. The first kappa shape index (κ1) is 14.5. The lowest BCUT2D eigenvalue weighted by Gasteiger charge is -2.03. The normalized spacial score (nSPS) is 12.5. The molecular formula is C15H16N4O2. The molecule has 0 aliphatic rings. The van der Waals surface area contributed by atoms with Crippen molar-refractivity contribution in [3.8, 4) is 0 Å². The van der Waals surface area contributed by atoms with Crippen LogP contribution in [0.2, 0.25) is 0 Å². The second-order valence-electron chi connectivity index (χ2n) is 4.64. The summed E-state index contributed by atoms with van der Waals surface area (Å²) in [5.41, 5.74) is 9.49. The molecule has 0 saturated heterocycles. The first-order chi connectivity index (χ1) is 9.95. The van der Waals surface area contributed by atoms with Gasteiger partial charge in [0.05, 0.1) is 0 Å². The zero-order valence-electron chi connectivity index (χ0n) is 11.9. The molecule has 21 heavy (non-hydrogen) atoms. The average molecular weight is 284 g/mol. The highest BCUT2D eigenvalue weighted by Gasteiger charge is 2.09. The van der Waals surface area contributed by atoms with E-state index in [1.807, 2.05) is 31.2 Å². The molecule has 6 heteroatoms. The van der Waals surface area contributed by atoms with Gasteiger partial charge in [-0.1, -0.05) is 41.6 Å². The standard InChI is InChI=1S/C15H16N4O2/c1-9(2)17-13(14-18-15(20)21-19-14)8-12(16)11-6-4-10(3)5-7-11/h4-8H,1,16H2,2-3H3,(H,18,19,20)/b12-8-,17-13+. The second kappa shape index (κ2) is 6.04. The molecule has 0 fully saturated rings. The molecule has 0 aliphatic carbocycles. The van der Waals surface area contributed by atoms with Crippen LogP contribution in [0.25, 0.3) is 5.70 Å². The van der Waals surface area contributed by atoms with Gasteiger partial charge in [-0.25, -0.2) is 4.79 Å². The molecule has 0 bridgehead atoms. The van der Waals surface area contributed by atoms with Gasteiger partial charge in [0.15, 0.2) is 0 Å². The molecule has 0 unspecified atom stereocenters. The summed E-state index contributed by atoms with van der Waals surface area (Å²) in [5, 5.41) is 3.61. The van der Waals surface area contributed by atoms with Gasteiger partial charge in [0.1, 0.15) is 5.71 Å². The summed E-state index contributed by atoms with van der Waals surface area (Å²) < 4.78 is 4.49. The van der Waals surface area contributed by atoms with E-state index >= 15 is 0 Å². The summed E-state index contributed by atoms with van der Waals surface area (Å²) in [6.07, 6.45) is 1.62. The molecular weight excluding hydrogens is 268 g/mol. The summed E-state index contributed by atoms with van der Waals surface area (Å²) in [5.74, 6) is -0.445. The van der Waals surface area contributed by atoms with Gasteiger partial charge in [0.25, 0.3) is 0 Å². The highest BCUT2D eigenvalue weighted by Crippen LogP contribution is 2.12. The lowest BCUT2D eigenvalue weighted by Crippen LogP contribution is -2.07. The second-order valence-corrected chi connectivity index (χ2v) is 4.64. The highest BCUT2D eigenvalue weighted by molar-refractivity contribution is 6.10. The van der Waals surface area contributed by atoms with E-state index < -0.39 is 5.76 Å². The molecule has 0 atom stereocenters. The monoisotopic (exact) mass is 284 g/mol. The number of nitrogens with two attached hydrogens (primary N) is 1. The predicted octanol–water partition coefficient (Wildman–Crippen LogP) is 1.99. The zero-order chi connectivity index (χ0) is 15.4. The van der Waals surface area contributed by atoms with E-state index in [4.69, 9.17) is 5.73 Å². The van der Waals surface area contributed by atoms with Crippen LogP contribution in [0.1, 0.15) is 23.9 Å². The topological polar surface area (TPSA) is 97.3 Å². The summed E-state index contributed by atoms with van der Waals surface area (Å²) in [4.78, 5) is 17.7. The smallest absolute Gasteiger partial charge is 0.398 e. The van der Waals surface area contributed by atoms with Gasteiger partial charge >= 0.3 is 5.76 Å². The van der Waals surface area contributed by atoms with Crippen molar-refractivity contribution in [3.05, 3.63) is 70.1 Å². The number of allylic oxidation sites excluding steroid dienone is 2. The Kier molecular flexibility index (Phi) is 4.18. The number of hydrogen-bond donors (Lipinski definition) is 2. The molecule has 2 rings (SSSR count). The van der Waals surface area contributed by atoms with E-state index in [-0.39, 0.29) is 5.82 Å². The van der Waals surface area contributed by atoms with Gasteiger partial charge in [0.2, 0.25) is 5.82 Å². The Labute approximate surface area is 121 Å².